The number of anilines is 1. The lowest BCUT2D eigenvalue weighted by Gasteiger charge is -2.08. The molecule has 0 atom stereocenters. The van der Waals surface area contributed by atoms with E-state index in [1.54, 1.807) is 22.9 Å². The van der Waals surface area contributed by atoms with Gasteiger partial charge in [0.2, 0.25) is 0 Å². The monoisotopic (exact) mass is 249 g/mol. The van der Waals surface area contributed by atoms with Crippen LogP contribution in [0.5, 0.6) is 5.75 Å². The minimum Gasteiger partial charge on any atom is -0.486 e. The van der Waals surface area contributed by atoms with Crippen molar-refractivity contribution >= 4 is 5.82 Å². The van der Waals surface area contributed by atoms with Crippen LogP contribution in [0.1, 0.15) is 11.3 Å². The molecule has 0 fully saturated rings. The van der Waals surface area contributed by atoms with E-state index in [-0.39, 0.29) is 18.2 Å². The second-order valence-corrected chi connectivity index (χ2v) is 4.01. The number of halogens is 1. The summed E-state index contributed by atoms with van der Waals surface area (Å²) in [4.78, 5) is 0. The van der Waals surface area contributed by atoms with Crippen molar-refractivity contribution in [1.82, 2.24) is 9.78 Å². The third-order valence-corrected chi connectivity index (χ3v) is 2.79. The first kappa shape index (κ1) is 12.4. The van der Waals surface area contributed by atoms with Crippen LogP contribution in [-0.2, 0) is 13.7 Å². The molecular weight excluding hydrogens is 233 g/mol. The summed E-state index contributed by atoms with van der Waals surface area (Å²) in [6.07, 6.45) is 0. The summed E-state index contributed by atoms with van der Waals surface area (Å²) in [7, 11) is 3.68. The molecule has 1 N–H and O–H groups in total. The predicted molar refractivity (Wildman–Crippen MR) is 68.2 cm³/mol. The summed E-state index contributed by atoms with van der Waals surface area (Å²) in [5.74, 6) is 0.775. The average molecular weight is 249 g/mol. The SMILES string of the molecule is CNc1c(COc2ccccc2F)c(C)nn1C. The van der Waals surface area contributed by atoms with Crippen molar-refractivity contribution in [1.29, 1.82) is 0 Å². The van der Waals surface area contributed by atoms with Gasteiger partial charge in [0, 0.05) is 14.1 Å². The molecule has 4 nitrogen and oxygen atoms in total. The van der Waals surface area contributed by atoms with Gasteiger partial charge in [-0.25, -0.2) is 4.39 Å². The van der Waals surface area contributed by atoms with Gasteiger partial charge in [0.25, 0.3) is 0 Å². The number of aromatic nitrogens is 2. The van der Waals surface area contributed by atoms with Crippen LogP contribution in [0.3, 0.4) is 0 Å². The van der Waals surface area contributed by atoms with E-state index >= 15 is 0 Å². The molecule has 1 heterocycles. The maximum atomic E-state index is 13.4. The second-order valence-electron chi connectivity index (χ2n) is 4.01. The van der Waals surface area contributed by atoms with Crippen molar-refractivity contribution < 1.29 is 9.13 Å². The van der Waals surface area contributed by atoms with Crippen LogP contribution >= 0.6 is 0 Å². The standard InChI is InChI=1S/C13H16FN3O/c1-9-10(13(15-2)17(3)16-9)8-18-12-7-5-4-6-11(12)14/h4-7,15H,8H2,1-3H3. The maximum Gasteiger partial charge on any atom is 0.165 e. The molecule has 0 saturated carbocycles. The average Bonchev–Trinajstić information content (AvgIpc) is 2.62. The molecule has 0 aliphatic rings. The molecular formula is C13H16FN3O. The third-order valence-electron chi connectivity index (χ3n) is 2.79. The first-order valence-electron chi connectivity index (χ1n) is 5.71. The number of benzene rings is 1. The summed E-state index contributed by atoms with van der Waals surface area (Å²) in [6, 6.07) is 6.37. The fourth-order valence-corrected chi connectivity index (χ4v) is 1.90. The summed E-state index contributed by atoms with van der Waals surface area (Å²) in [5, 5.41) is 7.36. The van der Waals surface area contributed by atoms with Crippen LogP contribution in [0.15, 0.2) is 24.3 Å². The van der Waals surface area contributed by atoms with Crippen molar-refractivity contribution in [2.45, 2.75) is 13.5 Å². The zero-order valence-electron chi connectivity index (χ0n) is 10.7. The van der Waals surface area contributed by atoms with E-state index in [0.29, 0.717) is 0 Å². The molecule has 96 valence electrons. The Bertz CT molecular complexity index is 551. The molecule has 5 heteroatoms. The minimum atomic E-state index is -0.356. The van der Waals surface area contributed by atoms with E-state index < -0.39 is 0 Å². The first-order valence-corrected chi connectivity index (χ1v) is 5.71. The molecule has 0 saturated heterocycles. The minimum absolute atomic E-state index is 0.253. The molecule has 0 bridgehead atoms. The molecule has 2 aromatic rings. The number of hydrogen-bond acceptors (Lipinski definition) is 3. The van der Waals surface area contributed by atoms with Crippen molar-refractivity contribution in [2.24, 2.45) is 7.05 Å². The van der Waals surface area contributed by atoms with Gasteiger partial charge in [-0.15, -0.1) is 0 Å². The molecule has 0 aliphatic carbocycles. The quantitative estimate of drug-likeness (QED) is 0.904. The molecule has 1 aromatic heterocycles. The van der Waals surface area contributed by atoms with Crippen LogP contribution in [-0.4, -0.2) is 16.8 Å². The normalized spacial score (nSPS) is 10.4. The molecule has 2 rings (SSSR count). The highest BCUT2D eigenvalue weighted by molar-refractivity contribution is 5.46. The predicted octanol–water partition coefficient (Wildman–Crippen LogP) is 2.49. The van der Waals surface area contributed by atoms with Crippen LogP contribution in [0.4, 0.5) is 10.2 Å². The van der Waals surface area contributed by atoms with Crippen molar-refractivity contribution in [2.75, 3.05) is 12.4 Å². The fraction of sp³-hybridized carbons (Fsp3) is 0.308. The topological polar surface area (TPSA) is 39.1 Å². The van der Waals surface area contributed by atoms with Crippen molar-refractivity contribution in [3.05, 3.63) is 41.3 Å². The third kappa shape index (κ3) is 2.30. The Balaban J connectivity index is 2.18. The Morgan fingerprint density at radius 1 is 1.39 bits per heavy atom. The van der Waals surface area contributed by atoms with Gasteiger partial charge in [-0.3, -0.25) is 4.68 Å². The lowest BCUT2D eigenvalue weighted by Crippen LogP contribution is -2.03. The van der Waals surface area contributed by atoms with Crippen LogP contribution in [0.2, 0.25) is 0 Å². The summed E-state index contributed by atoms with van der Waals surface area (Å²) in [5.41, 5.74) is 1.81. The van der Waals surface area contributed by atoms with E-state index in [1.165, 1.54) is 6.07 Å². The van der Waals surface area contributed by atoms with Gasteiger partial charge in [-0.1, -0.05) is 12.1 Å². The number of ether oxygens (including phenoxy) is 1. The molecule has 18 heavy (non-hydrogen) atoms. The number of nitrogens with zero attached hydrogens (tertiary/aromatic N) is 2. The first-order chi connectivity index (χ1) is 8.63. The van der Waals surface area contributed by atoms with E-state index in [1.807, 2.05) is 21.0 Å². The van der Waals surface area contributed by atoms with Gasteiger partial charge >= 0.3 is 0 Å². The van der Waals surface area contributed by atoms with E-state index in [9.17, 15) is 4.39 Å². The van der Waals surface area contributed by atoms with E-state index in [0.717, 1.165) is 17.1 Å². The Kier molecular flexibility index (Phi) is 3.50. The van der Waals surface area contributed by atoms with Gasteiger partial charge in [-0.2, -0.15) is 5.10 Å². The Hall–Kier alpha value is -2.04. The zero-order valence-corrected chi connectivity index (χ0v) is 10.7. The Morgan fingerprint density at radius 2 is 2.11 bits per heavy atom. The second kappa shape index (κ2) is 5.08. The molecule has 0 amide bonds. The van der Waals surface area contributed by atoms with E-state index in [2.05, 4.69) is 10.4 Å². The van der Waals surface area contributed by atoms with Gasteiger partial charge in [0.1, 0.15) is 12.4 Å². The number of aryl methyl sites for hydroxylation is 2. The van der Waals surface area contributed by atoms with Crippen LogP contribution in [0.25, 0.3) is 0 Å². The summed E-state index contributed by atoms with van der Waals surface area (Å²) in [6.45, 7) is 2.19. The molecule has 0 radical (unpaired) electrons. The maximum absolute atomic E-state index is 13.4. The lowest BCUT2D eigenvalue weighted by atomic mass is 10.2. The van der Waals surface area contributed by atoms with Crippen molar-refractivity contribution in [3.8, 4) is 5.75 Å². The van der Waals surface area contributed by atoms with Gasteiger partial charge < -0.3 is 10.1 Å². The summed E-state index contributed by atoms with van der Waals surface area (Å²) < 4.78 is 20.7. The Labute approximate surface area is 105 Å². The lowest BCUT2D eigenvalue weighted by molar-refractivity contribution is 0.290. The Morgan fingerprint density at radius 3 is 2.78 bits per heavy atom. The fourth-order valence-electron chi connectivity index (χ4n) is 1.90. The number of para-hydroxylation sites is 1. The van der Waals surface area contributed by atoms with Gasteiger partial charge in [-0.05, 0) is 19.1 Å². The summed E-state index contributed by atoms with van der Waals surface area (Å²) >= 11 is 0. The zero-order chi connectivity index (χ0) is 13.1. The highest BCUT2D eigenvalue weighted by atomic mass is 19.1. The van der Waals surface area contributed by atoms with Crippen molar-refractivity contribution in [3.63, 3.8) is 0 Å². The van der Waals surface area contributed by atoms with Crippen LogP contribution in [0, 0.1) is 12.7 Å². The highest BCUT2D eigenvalue weighted by Gasteiger charge is 2.13. The van der Waals surface area contributed by atoms with Gasteiger partial charge in [0.15, 0.2) is 11.6 Å². The van der Waals surface area contributed by atoms with E-state index in [4.69, 9.17) is 4.74 Å². The smallest absolute Gasteiger partial charge is 0.165 e. The largest absolute Gasteiger partial charge is 0.486 e. The number of nitrogens with one attached hydrogen (secondary N) is 1. The van der Waals surface area contributed by atoms with Crippen LogP contribution < -0.4 is 10.1 Å². The highest BCUT2D eigenvalue weighted by Crippen LogP contribution is 2.22. The molecule has 0 unspecified atom stereocenters. The molecule has 0 aliphatic heterocycles. The molecule has 1 aromatic carbocycles. The number of rotatable bonds is 4. The van der Waals surface area contributed by atoms with Gasteiger partial charge in [0.05, 0.1) is 11.3 Å². The number of hydrogen-bond donors (Lipinski definition) is 1. The molecule has 0 spiro atoms.